The van der Waals surface area contributed by atoms with E-state index in [1.54, 1.807) is 0 Å². The zero-order valence-corrected chi connectivity index (χ0v) is 10.1. The van der Waals surface area contributed by atoms with Gasteiger partial charge in [-0.25, -0.2) is 0 Å². The summed E-state index contributed by atoms with van der Waals surface area (Å²) in [5, 5.41) is 44.9. The number of aliphatic hydroxyl groups is 5. The van der Waals surface area contributed by atoms with Crippen molar-refractivity contribution in [1.82, 2.24) is 0 Å². The third-order valence-corrected chi connectivity index (χ3v) is 1.70. The van der Waals surface area contributed by atoms with E-state index in [9.17, 15) is 0 Å². The molecule has 7 heteroatoms. The largest absolute Gasteiger partial charge is 1.00 e. The molecule has 0 aromatic carbocycles. The van der Waals surface area contributed by atoms with Crippen molar-refractivity contribution in [1.29, 1.82) is 0 Å². The summed E-state index contributed by atoms with van der Waals surface area (Å²) in [6.45, 7) is -0.692. The van der Waals surface area contributed by atoms with E-state index in [2.05, 4.69) is 12.2 Å². The minimum absolute atomic E-state index is 0. The van der Waals surface area contributed by atoms with E-state index in [-0.39, 0.29) is 29.6 Å². The van der Waals surface area contributed by atoms with Crippen LogP contribution < -0.4 is 29.6 Å². The SMILES string of the molecule is OC[C@@H](O)[C@@H](O)[C@H](O)[C@@H](O)C=S.[Na+]. The van der Waals surface area contributed by atoms with Gasteiger partial charge in [0, 0.05) is 5.37 Å². The van der Waals surface area contributed by atoms with Gasteiger partial charge in [0.15, 0.2) is 0 Å². The first-order chi connectivity index (χ1) is 5.54. The van der Waals surface area contributed by atoms with Gasteiger partial charge in [0.05, 0.1) is 6.61 Å². The second-order valence-corrected chi connectivity index (χ2v) is 2.63. The Morgan fingerprint density at radius 3 is 1.85 bits per heavy atom. The molecule has 0 aliphatic rings. The van der Waals surface area contributed by atoms with Gasteiger partial charge in [-0.2, -0.15) is 0 Å². The average molecular weight is 219 g/mol. The first-order valence-corrected chi connectivity index (χ1v) is 3.80. The maximum absolute atomic E-state index is 9.02. The fraction of sp³-hybridized carbons (Fsp3) is 0.833. The predicted molar refractivity (Wildman–Crippen MR) is 44.8 cm³/mol. The van der Waals surface area contributed by atoms with Crippen LogP contribution in [0.2, 0.25) is 0 Å². The molecule has 0 saturated heterocycles. The van der Waals surface area contributed by atoms with Crippen LogP contribution in [0.3, 0.4) is 0 Å². The summed E-state index contributed by atoms with van der Waals surface area (Å²) in [6.07, 6.45) is -6.06. The molecule has 0 unspecified atom stereocenters. The van der Waals surface area contributed by atoms with Crippen molar-refractivity contribution in [2.24, 2.45) is 0 Å². The van der Waals surface area contributed by atoms with Crippen LogP contribution in [0.1, 0.15) is 0 Å². The van der Waals surface area contributed by atoms with E-state index < -0.39 is 31.0 Å². The Morgan fingerprint density at radius 2 is 1.54 bits per heavy atom. The van der Waals surface area contributed by atoms with Crippen LogP contribution in [-0.2, 0) is 0 Å². The fourth-order valence-corrected chi connectivity index (χ4v) is 0.779. The van der Waals surface area contributed by atoms with Gasteiger partial charge in [0.2, 0.25) is 0 Å². The molecule has 4 atom stereocenters. The van der Waals surface area contributed by atoms with Crippen molar-refractivity contribution >= 4 is 17.6 Å². The van der Waals surface area contributed by atoms with E-state index in [0.29, 0.717) is 0 Å². The van der Waals surface area contributed by atoms with Gasteiger partial charge in [-0.15, -0.1) is 0 Å². The maximum Gasteiger partial charge on any atom is 1.00 e. The summed E-state index contributed by atoms with van der Waals surface area (Å²) in [5.41, 5.74) is 0. The third kappa shape index (κ3) is 5.36. The van der Waals surface area contributed by atoms with Crippen LogP contribution >= 0.6 is 12.2 Å². The molecule has 0 aromatic rings. The third-order valence-electron chi connectivity index (χ3n) is 1.42. The van der Waals surface area contributed by atoms with Crippen LogP contribution in [0, 0.1) is 0 Å². The number of thiocarbonyl (C=S) groups is 1. The van der Waals surface area contributed by atoms with Crippen LogP contribution in [0.5, 0.6) is 0 Å². The normalized spacial score (nSPS) is 19.5. The van der Waals surface area contributed by atoms with Crippen molar-refractivity contribution in [3.05, 3.63) is 0 Å². The fourth-order valence-electron chi connectivity index (χ4n) is 0.618. The zero-order valence-electron chi connectivity index (χ0n) is 7.24. The Hall–Kier alpha value is 0.890. The Kier molecular flexibility index (Phi) is 10.3. The van der Waals surface area contributed by atoms with Crippen LogP contribution in [0.25, 0.3) is 0 Å². The molecule has 0 aliphatic carbocycles. The van der Waals surface area contributed by atoms with E-state index in [1.807, 2.05) is 0 Å². The second-order valence-electron chi connectivity index (χ2n) is 2.36. The van der Waals surface area contributed by atoms with Gasteiger partial charge in [0.25, 0.3) is 0 Å². The summed E-state index contributed by atoms with van der Waals surface area (Å²) in [4.78, 5) is 0. The summed E-state index contributed by atoms with van der Waals surface area (Å²) >= 11 is 4.30. The molecule has 72 valence electrons. The molecule has 5 N–H and O–H groups in total. The summed E-state index contributed by atoms with van der Waals surface area (Å²) in [6, 6.07) is 0. The molecule has 0 bridgehead atoms. The van der Waals surface area contributed by atoms with Crippen molar-refractivity contribution < 1.29 is 55.1 Å². The maximum atomic E-state index is 9.02. The van der Waals surface area contributed by atoms with Crippen LogP contribution in [-0.4, -0.2) is 61.9 Å². The first kappa shape index (κ1) is 16.3. The van der Waals surface area contributed by atoms with Gasteiger partial charge in [-0.05, 0) is 0 Å². The van der Waals surface area contributed by atoms with Crippen LogP contribution in [0.15, 0.2) is 0 Å². The van der Waals surface area contributed by atoms with Crippen molar-refractivity contribution in [3.8, 4) is 0 Å². The van der Waals surface area contributed by atoms with Gasteiger partial charge in [0.1, 0.15) is 24.4 Å². The molecule has 5 nitrogen and oxygen atoms in total. The van der Waals surface area contributed by atoms with Crippen molar-refractivity contribution in [2.45, 2.75) is 24.4 Å². The smallest absolute Gasteiger partial charge is 0.394 e. The Morgan fingerprint density at radius 1 is 1.08 bits per heavy atom. The van der Waals surface area contributed by atoms with E-state index >= 15 is 0 Å². The molecule has 0 fully saturated rings. The minimum Gasteiger partial charge on any atom is -0.394 e. The van der Waals surface area contributed by atoms with Crippen molar-refractivity contribution in [3.63, 3.8) is 0 Å². The number of rotatable bonds is 5. The van der Waals surface area contributed by atoms with Gasteiger partial charge in [-0.3, -0.25) is 0 Å². The Labute approximate surface area is 103 Å². The Balaban J connectivity index is 0. The quantitative estimate of drug-likeness (QED) is 0.233. The average Bonchev–Trinajstić information content (AvgIpc) is 2.12. The molecule has 0 rings (SSSR count). The molecule has 0 spiro atoms. The molecule has 13 heavy (non-hydrogen) atoms. The number of hydrogen-bond donors (Lipinski definition) is 5. The first-order valence-electron chi connectivity index (χ1n) is 3.33. The molecule has 0 aromatic heterocycles. The molecule has 0 amide bonds. The zero-order chi connectivity index (χ0) is 9.72. The predicted octanol–water partition coefficient (Wildman–Crippen LogP) is -5.57. The molecule has 0 heterocycles. The van der Waals surface area contributed by atoms with Gasteiger partial charge in [-0.1, -0.05) is 12.2 Å². The van der Waals surface area contributed by atoms with E-state index in [1.165, 1.54) is 0 Å². The summed E-state index contributed by atoms with van der Waals surface area (Å²) < 4.78 is 0. The second kappa shape index (κ2) is 8.22. The Bertz CT molecular complexity index is 147. The van der Waals surface area contributed by atoms with E-state index in [4.69, 9.17) is 25.5 Å². The van der Waals surface area contributed by atoms with Crippen LogP contribution in [0.4, 0.5) is 0 Å². The molecule has 0 radical (unpaired) electrons. The molecular formula is C6H12NaO5S+. The number of hydrogen-bond acceptors (Lipinski definition) is 6. The standard InChI is InChI=1S/C6H12O5S.Na/c7-1-3(8)5(10)6(11)4(9)2-12;/h2-11H,1H2;/q;+1/t3-,4+,5-,6-;/m1./s1. The molecular weight excluding hydrogens is 207 g/mol. The van der Waals surface area contributed by atoms with E-state index in [0.717, 1.165) is 5.37 Å². The summed E-state index contributed by atoms with van der Waals surface area (Å²) in [7, 11) is 0. The van der Waals surface area contributed by atoms with Gasteiger partial charge < -0.3 is 25.5 Å². The van der Waals surface area contributed by atoms with Crippen molar-refractivity contribution in [2.75, 3.05) is 6.61 Å². The topological polar surface area (TPSA) is 101 Å². The minimum atomic E-state index is -1.61. The number of aliphatic hydroxyl groups excluding tert-OH is 5. The summed E-state index contributed by atoms with van der Waals surface area (Å²) in [5.74, 6) is 0. The molecule has 0 aliphatic heterocycles. The molecule has 0 saturated carbocycles. The monoisotopic (exact) mass is 219 g/mol. The van der Waals surface area contributed by atoms with Gasteiger partial charge >= 0.3 is 29.6 Å².